The molecular weight excluding hydrogens is 687 g/mol. The number of benzene rings is 9. The molecular formula is C52H33NOS. The molecule has 2 aromatic heterocycles. The number of hydrogen-bond acceptors (Lipinski definition) is 3. The standard InChI is InChI=1S/C52H33NOS/c1-2-9-37-30-39(17-16-34(37)8-1)38-10-7-11-44(31-38)53(42-24-18-35(19-25-42)40-23-29-50-48(32-40)45-12-3-5-14-49(45)54-50)43-26-20-36(21-27-43)41-22-28-47-46-13-4-6-15-51(46)55-52(47)33-41/h1-33H. The highest BCUT2D eigenvalue weighted by Crippen LogP contribution is 2.41. The van der Waals surface area contributed by atoms with Gasteiger partial charge < -0.3 is 9.32 Å². The maximum Gasteiger partial charge on any atom is 0.135 e. The van der Waals surface area contributed by atoms with Crippen LogP contribution in [-0.2, 0) is 0 Å². The van der Waals surface area contributed by atoms with Gasteiger partial charge in [-0.05, 0) is 117 Å². The minimum atomic E-state index is 0.909. The number of fused-ring (bicyclic) bond motifs is 7. The number of hydrogen-bond donors (Lipinski definition) is 0. The van der Waals surface area contributed by atoms with Gasteiger partial charge in [0.15, 0.2) is 0 Å². The summed E-state index contributed by atoms with van der Waals surface area (Å²) >= 11 is 1.86. The third-order valence-electron chi connectivity index (χ3n) is 10.9. The van der Waals surface area contributed by atoms with Crippen molar-refractivity contribution >= 4 is 81.3 Å². The summed E-state index contributed by atoms with van der Waals surface area (Å²) in [6.07, 6.45) is 0. The lowest BCUT2D eigenvalue weighted by atomic mass is 9.99. The van der Waals surface area contributed by atoms with Gasteiger partial charge >= 0.3 is 0 Å². The molecule has 55 heavy (non-hydrogen) atoms. The molecule has 0 aliphatic rings. The SMILES string of the molecule is c1cc(-c2ccc3ccccc3c2)cc(N(c2ccc(-c3ccc4c(c3)sc3ccccc34)cc2)c2ccc(-c3ccc4oc5ccccc5c4c3)cc2)c1. The van der Waals surface area contributed by atoms with Crippen molar-refractivity contribution in [2.24, 2.45) is 0 Å². The molecule has 9 aromatic carbocycles. The molecule has 0 amide bonds. The van der Waals surface area contributed by atoms with Crippen LogP contribution in [0.3, 0.4) is 0 Å². The molecule has 0 aliphatic carbocycles. The number of para-hydroxylation sites is 1. The minimum Gasteiger partial charge on any atom is -0.456 e. The predicted molar refractivity (Wildman–Crippen MR) is 235 cm³/mol. The van der Waals surface area contributed by atoms with Crippen molar-refractivity contribution in [1.29, 1.82) is 0 Å². The van der Waals surface area contributed by atoms with Crippen molar-refractivity contribution in [2.45, 2.75) is 0 Å². The van der Waals surface area contributed by atoms with Crippen molar-refractivity contribution in [3.63, 3.8) is 0 Å². The summed E-state index contributed by atoms with van der Waals surface area (Å²) in [7, 11) is 0. The smallest absolute Gasteiger partial charge is 0.135 e. The first kappa shape index (κ1) is 31.6. The number of anilines is 3. The zero-order valence-corrected chi connectivity index (χ0v) is 30.6. The maximum atomic E-state index is 6.12. The Morgan fingerprint density at radius 2 is 0.891 bits per heavy atom. The molecule has 0 spiro atoms. The van der Waals surface area contributed by atoms with Crippen LogP contribution >= 0.6 is 11.3 Å². The van der Waals surface area contributed by atoms with Gasteiger partial charge in [-0.2, -0.15) is 0 Å². The van der Waals surface area contributed by atoms with Crippen LogP contribution in [0.15, 0.2) is 205 Å². The van der Waals surface area contributed by atoms with Crippen molar-refractivity contribution in [2.75, 3.05) is 4.90 Å². The van der Waals surface area contributed by atoms with E-state index in [4.69, 9.17) is 4.42 Å². The van der Waals surface area contributed by atoms with Gasteiger partial charge in [-0.1, -0.05) is 127 Å². The third kappa shape index (κ3) is 5.56. The normalized spacial score (nSPS) is 11.6. The van der Waals surface area contributed by atoms with Gasteiger partial charge in [0.05, 0.1) is 0 Å². The summed E-state index contributed by atoms with van der Waals surface area (Å²) in [5.41, 5.74) is 12.2. The largest absolute Gasteiger partial charge is 0.456 e. The van der Waals surface area contributed by atoms with Gasteiger partial charge in [0, 0.05) is 48.0 Å². The van der Waals surface area contributed by atoms with E-state index in [0.29, 0.717) is 0 Å². The third-order valence-corrected chi connectivity index (χ3v) is 12.0. The molecule has 0 fully saturated rings. The Balaban J connectivity index is 0.989. The van der Waals surface area contributed by atoms with Crippen LogP contribution < -0.4 is 4.90 Å². The van der Waals surface area contributed by atoms with Crippen LogP contribution in [0.1, 0.15) is 0 Å². The Labute approximate surface area is 322 Å². The summed E-state index contributed by atoms with van der Waals surface area (Å²) in [6.45, 7) is 0. The summed E-state index contributed by atoms with van der Waals surface area (Å²) in [6, 6.07) is 72.4. The second kappa shape index (κ2) is 12.9. The summed E-state index contributed by atoms with van der Waals surface area (Å²) in [4.78, 5) is 2.36. The van der Waals surface area contributed by atoms with Crippen LogP contribution in [0, 0.1) is 0 Å². The summed E-state index contributed by atoms with van der Waals surface area (Å²) < 4.78 is 8.76. The second-order valence-corrected chi connectivity index (χ2v) is 15.2. The first-order valence-corrected chi connectivity index (χ1v) is 19.5. The van der Waals surface area contributed by atoms with Crippen LogP contribution in [0.25, 0.3) is 86.3 Å². The number of nitrogens with zero attached hydrogens (tertiary/aromatic N) is 1. The van der Waals surface area contributed by atoms with Gasteiger partial charge in [0.25, 0.3) is 0 Å². The summed E-state index contributed by atoms with van der Waals surface area (Å²) in [5.74, 6) is 0. The van der Waals surface area contributed by atoms with E-state index in [2.05, 4.69) is 193 Å². The highest BCUT2D eigenvalue weighted by atomic mass is 32.1. The van der Waals surface area contributed by atoms with E-state index in [1.165, 1.54) is 53.2 Å². The van der Waals surface area contributed by atoms with E-state index in [1.54, 1.807) is 0 Å². The van der Waals surface area contributed by atoms with Gasteiger partial charge in [-0.3, -0.25) is 0 Å². The highest BCUT2D eigenvalue weighted by molar-refractivity contribution is 7.25. The molecule has 0 saturated carbocycles. The first-order valence-electron chi connectivity index (χ1n) is 18.6. The van der Waals surface area contributed by atoms with Gasteiger partial charge in [0.1, 0.15) is 11.2 Å². The van der Waals surface area contributed by atoms with Gasteiger partial charge in [-0.15, -0.1) is 11.3 Å². The molecule has 11 aromatic rings. The molecule has 0 saturated heterocycles. The molecule has 2 nitrogen and oxygen atoms in total. The molecule has 3 heteroatoms. The number of rotatable bonds is 6. The molecule has 11 rings (SSSR count). The molecule has 0 N–H and O–H groups in total. The van der Waals surface area contributed by atoms with E-state index < -0.39 is 0 Å². The van der Waals surface area contributed by atoms with Crippen LogP contribution in [-0.4, -0.2) is 0 Å². The summed E-state index contributed by atoms with van der Waals surface area (Å²) in [5, 5.41) is 7.41. The fourth-order valence-corrected chi connectivity index (χ4v) is 9.20. The lowest BCUT2D eigenvalue weighted by molar-refractivity contribution is 0.669. The predicted octanol–water partition coefficient (Wildman–Crippen LogP) is 15.6. The average Bonchev–Trinajstić information content (AvgIpc) is 3.82. The van der Waals surface area contributed by atoms with Crippen molar-refractivity contribution in [3.05, 3.63) is 200 Å². The van der Waals surface area contributed by atoms with E-state index in [9.17, 15) is 0 Å². The van der Waals surface area contributed by atoms with Crippen LogP contribution in [0.4, 0.5) is 17.1 Å². The highest BCUT2D eigenvalue weighted by Gasteiger charge is 2.16. The first-order chi connectivity index (χ1) is 27.2. The van der Waals surface area contributed by atoms with E-state index in [-0.39, 0.29) is 0 Å². The molecule has 0 bridgehead atoms. The van der Waals surface area contributed by atoms with E-state index >= 15 is 0 Å². The minimum absolute atomic E-state index is 0.909. The molecule has 0 unspecified atom stereocenters. The molecule has 2 heterocycles. The average molecular weight is 720 g/mol. The second-order valence-electron chi connectivity index (χ2n) is 14.2. The number of thiophene rings is 1. The topological polar surface area (TPSA) is 16.4 Å². The fourth-order valence-electron chi connectivity index (χ4n) is 8.06. The Morgan fingerprint density at radius 1 is 0.309 bits per heavy atom. The van der Waals surface area contributed by atoms with Gasteiger partial charge in [0.2, 0.25) is 0 Å². The monoisotopic (exact) mass is 719 g/mol. The van der Waals surface area contributed by atoms with E-state index in [1.807, 2.05) is 23.5 Å². The van der Waals surface area contributed by atoms with Crippen LogP contribution in [0.2, 0.25) is 0 Å². The lowest BCUT2D eigenvalue weighted by Gasteiger charge is -2.26. The van der Waals surface area contributed by atoms with Crippen molar-refractivity contribution in [1.82, 2.24) is 0 Å². The van der Waals surface area contributed by atoms with Crippen molar-refractivity contribution < 1.29 is 4.42 Å². The molecule has 258 valence electrons. The Bertz CT molecular complexity index is 3210. The van der Waals surface area contributed by atoms with Gasteiger partial charge in [-0.25, -0.2) is 0 Å². The van der Waals surface area contributed by atoms with Crippen LogP contribution in [0.5, 0.6) is 0 Å². The molecule has 0 atom stereocenters. The van der Waals surface area contributed by atoms with Crippen molar-refractivity contribution in [3.8, 4) is 33.4 Å². The Kier molecular flexibility index (Phi) is 7.39. The fraction of sp³-hybridized carbons (Fsp3) is 0. The lowest BCUT2D eigenvalue weighted by Crippen LogP contribution is -2.10. The molecule has 0 aliphatic heterocycles. The maximum absolute atomic E-state index is 6.12. The van der Waals surface area contributed by atoms with E-state index in [0.717, 1.165) is 50.1 Å². The zero-order valence-electron chi connectivity index (χ0n) is 29.8. The Morgan fingerprint density at radius 3 is 1.71 bits per heavy atom. The Hall–Kier alpha value is -6.94. The zero-order chi connectivity index (χ0) is 36.3. The number of furan rings is 1. The molecule has 0 radical (unpaired) electrons. The quantitative estimate of drug-likeness (QED) is 0.170.